The summed E-state index contributed by atoms with van der Waals surface area (Å²) in [6.07, 6.45) is -4.58. The summed E-state index contributed by atoms with van der Waals surface area (Å²) in [6, 6.07) is 29.9. The standard InChI is InChI=1S/C49H44F8O5/c1-4-58-43-28-27-42(46(52)47(43)53)49(56,57)62-40-24-16-36(17-25-40)34-12-20-38(21-13-34)60-30-6-8-31(2)7-5-29-59-37-18-10-33(11-19-37)35-14-22-39(23-15-35)61-48(54,55)41-26-9-32(3)44(50)45(41)51/h9-28,31H,4-8,29-30H2,1-3H3. The largest absolute Gasteiger partial charge is 0.494 e. The molecule has 6 aromatic rings. The van der Waals surface area contributed by atoms with Gasteiger partial charge in [0.1, 0.15) is 34.1 Å². The van der Waals surface area contributed by atoms with Crippen LogP contribution in [0.25, 0.3) is 22.3 Å². The third-order valence-electron chi connectivity index (χ3n) is 10.0. The molecule has 62 heavy (non-hydrogen) atoms. The highest BCUT2D eigenvalue weighted by molar-refractivity contribution is 5.66. The molecule has 1 atom stereocenters. The second-order valence-corrected chi connectivity index (χ2v) is 14.7. The summed E-state index contributed by atoms with van der Waals surface area (Å²) in [5.74, 6) is -5.31. The first-order valence-electron chi connectivity index (χ1n) is 20.0. The fourth-order valence-corrected chi connectivity index (χ4v) is 6.61. The molecule has 0 aromatic heterocycles. The van der Waals surface area contributed by atoms with Crippen molar-refractivity contribution in [1.82, 2.24) is 0 Å². The molecule has 0 fully saturated rings. The Morgan fingerprint density at radius 1 is 0.452 bits per heavy atom. The Kier molecular flexibility index (Phi) is 14.7. The lowest BCUT2D eigenvalue weighted by atomic mass is 10.0. The van der Waals surface area contributed by atoms with E-state index in [4.69, 9.17) is 23.7 Å². The highest BCUT2D eigenvalue weighted by Crippen LogP contribution is 2.38. The van der Waals surface area contributed by atoms with Gasteiger partial charge < -0.3 is 23.7 Å². The summed E-state index contributed by atoms with van der Waals surface area (Å²) in [7, 11) is 0. The van der Waals surface area contributed by atoms with E-state index < -0.39 is 52.4 Å². The molecule has 326 valence electrons. The molecule has 1 unspecified atom stereocenters. The highest BCUT2D eigenvalue weighted by Gasteiger charge is 2.40. The van der Waals surface area contributed by atoms with Gasteiger partial charge in [0.25, 0.3) is 0 Å². The van der Waals surface area contributed by atoms with Crippen LogP contribution >= 0.6 is 0 Å². The van der Waals surface area contributed by atoms with E-state index in [0.717, 1.165) is 72.2 Å². The van der Waals surface area contributed by atoms with Crippen LogP contribution in [0, 0.1) is 36.1 Å². The van der Waals surface area contributed by atoms with Crippen molar-refractivity contribution in [3.8, 4) is 51.0 Å². The first kappa shape index (κ1) is 45.3. The molecule has 0 bridgehead atoms. The maximum atomic E-state index is 14.8. The Morgan fingerprint density at radius 3 is 1.23 bits per heavy atom. The van der Waals surface area contributed by atoms with Gasteiger partial charge in [0.05, 0.1) is 19.8 Å². The van der Waals surface area contributed by atoms with Gasteiger partial charge in [-0.3, -0.25) is 0 Å². The zero-order chi connectivity index (χ0) is 44.4. The van der Waals surface area contributed by atoms with Crippen LogP contribution in [0.3, 0.4) is 0 Å². The molecule has 0 spiro atoms. The molecular weight excluding hydrogens is 821 g/mol. The lowest BCUT2D eigenvalue weighted by Gasteiger charge is -2.20. The molecule has 0 saturated heterocycles. The maximum absolute atomic E-state index is 14.8. The van der Waals surface area contributed by atoms with Gasteiger partial charge in [0.15, 0.2) is 23.2 Å². The summed E-state index contributed by atoms with van der Waals surface area (Å²) in [5.41, 5.74) is 0.588. The molecule has 0 aliphatic rings. The fourth-order valence-electron chi connectivity index (χ4n) is 6.61. The zero-order valence-corrected chi connectivity index (χ0v) is 34.1. The van der Waals surface area contributed by atoms with Gasteiger partial charge in [-0.05, 0) is 140 Å². The van der Waals surface area contributed by atoms with Gasteiger partial charge in [0.2, 0.25) is 5.82 Å². The van der Waals surface area contributed by atoms with E-state index in [-0.39, 0.29) is 23.7 Å². The highest BCUT2D eigenvalue weighted by atomic mass is 19.3. The van der Waals surface area contributed by atoms with Crippen LogP contribution in [0.4, 0.5) is 35.1 Å². The van der Waals surface area contributed by atoms with E-state index in [1.54, 1.807) is 31.2 Å². The number of hydrogen-bond acceptors (Lipinski definition) is 5. The second-order valence-electron chi connectivity index (χ2n) is 14.7. The molecule has 0 heterocycles. The first-order chi connectivity index (χ1) is 29.6. The van der Waals surface area contributed by atoms with Crippen LogP contribution in [0.15, 0.2) is 121 Å². The number of rotatable bonds is 20. The van der Waals surface area contributed by atoms with Crippen molar-refractivity contribution < 1.29 is 58.8 Å². The average Bonchev–Trinajstić information content (AvgIpc) is 3.25. The molecule has 5 nitrogen and oxygen atoms in total. The number of halogens is 8. The monoisotopic (exact) mass is 864 g/mol. The molecule has 0 radical (unpaired) electrons. The minimum absolute atomic E-state index is 0.0430. The van der Waals surface area contributed by atoms with Crippen LogP contribution in [-0.2, 0) is 12.2 Å². The van der Waals surface area contributed by atoms with Gasteiger partial charge in [-0.15, -0.1) is 0 Å². The van der Waals surface area contributed by atoms with Gasteiger partial charge in [-0.25, -0.2) is 13.2 Å². The predicted molar refractivity (Wildman–Crippen MR) is 220 cm³/mol. The number of benzene rings is 6. The summed E-state index contributed by atoms with van der Waals surface area (Å²) in [4.78, 5) is 0. The second kappa shape index (κ2) is 20.1. The number of ether oxygens (including phenoxy) is 5. The predicted octanol–water partition coefficient (Wildman–Crippen LogP) is 14.2. The van der Waals surface area contributed by atoms with Gasteiger partial charge in [-0.2, -0.15) is 22.0 Å². The van der Waals surface area contributed by atoms with Crippen molar-refractivity contribution in [3.05, 3.63) is 161 Å². The van der Waals surface area contributed by atoms with E-state index in [1.165, 1.54) is 31.2 Å². The normalized spacial score (nSPS) is 12.2. The third-order valence-corrected chi connectivity index (χ3v) is 10.0. The number of hydrogen-bond donors (Lipinski definition) is 0. The Bertz CT molecular complexity index is 2390. The molecule has 0 aliphatic heterocycles. The first-order valence-corrected chi connectivity index (χ1v) is 20.0. The fraction of sp³-hybridized carbons (Fsp3) is 0.265. The quantitative estimate of drug-likeness (QED) is 0.0565. The zero-order valence-electron chi connectivity index (χ0n) is 34.1. The summed E-state index contributed by atoms with van der Waals surface area (Å²) in [6.45, 7) is 6.12. The van der Waals surface area contributed by atoms with Gasteiger partial charge in [-0.1, -0.05) is 61.5 Å². The van der Waals surface area contributed by atoms with E-state index in [9.17, 15) is 35.1 Å². The molecule has 6 aromatic carbocycles. The Balaban J connectivity index is 0.872. The minimum atomic E-state index is -4.13. The van der Waals surface area contributed by atoms with Crippen molar-refractivity contribution >= 4 is 0 Å². The van der Waals surface area contributed by atoms with Crippen LogP contribution in [-0.4, -0.2) is 19.8 Å². The Labute approximate surface area is 354 Å². The maximum Gasteiger partial charge on any atom is 0.429 e. The van der Waals surface area contributed by atoms with E-state index in [2.05, 4.69) is 6.92 Å². The molecule has 0 aliphatic carbocycles. The topological polar surface area (TPSA) is 46.2 Å². The summed E-state index contributed by atoms with van der Waals surface area (Å²) < 4.78 is 142. The SMILES string of the molecule is CCOc1ccc(C(F)(F)Oc2ccc(-c3ccc(OCCCC(C)CCCOc4ccc(-c5ccc(OC(F)(F)c6ccc(C)c(F)c6F)cc5)cc4)cc3)cc2)c(F)c1F. The van der Waals surface area contributed by atoms with Crippen molar-refractivity contribution in [2.24, 2.45) is 5.92 Å². The van der Waals surface area contributed by atoms with Gasteiger partial charge >= 0.3 is 12.2 Å². The smallest absolute Gasteiger partial charge is 0.429 e. The van der Waals surface area contributed by atoms with Crippen LogP contribution in [0.2, 0.25) is 0 Å². The van der Waals surface area contributed by atoms with Crippen molar-refractivity contribution in [2.45, 2.75) is 58.7 Å². The molecule has 6 rings (SSSR count). The van der Waals surface area contributed by atoms with Crippen LogP contribution in [0.5, 0.6) is 28.7 Å². The van der Waals surface area contributed by atoms with Crippen molar-refractivity contribution in [3.63, 3.8) is 0 Å². The third kappa shape index (κ3) is 11.4. The summed E-state index contributed by atoms with van der Waals surface area (Å²) in [5, 5.41) is 0. The number of alkyl halides is 4. The van der Waals surface area contributed by atoms with E-state index >= 15 is 0 Å². The van der Waals surface area contributed by atoms with Gasteiger partial charge in [0, 0.05) is 0 Å². The molecule has 13 heteroatoms. The molecular formula is C49H44F8O5. The Morgan fingerprint density at radius 2 is 0.823 bits per heavy atom. The molecule has 0 saturated carbocycles. The minimum Gasteiger partial charge on any atom is -0.494 e. The van der Waals surface area contributed by atoms with E-state index in [0.29, 0.717) is 30.6 Å². The van der Waals surface area contributed by atoms with Crippen LogP contribution < -0.4 is 23.7 Å². The number of aryl methyl sites for hydroxylation is 1. The average molecular weight is 865 g/mol. The Hall–Kier alpha value is -6.24. The van der Waals surface area contributed by atoms with Crippen molar-refractivity contribution in [2.75, 3.05) is 19.8 Å². The molecule has 0 amide bonds. The van der Waals surface area contributed by atoms with E-state index in [1.807, 2.05) is 48.5 Å². The van der Waals surface area contributed by atoms with Crippen molar-refractivity contribution in [1.29, 1.82) is 0 Å². The van der Waals surface area contributed by atoms with Crippen LogP contribution in [0.1, 0.15) is 56.2 Å². The lowest BCUT2D eigenvalue weighted by Crippen LogP contribution is -2.24. The lowest BCUT2D eigenvalue weighted by molar-refractivity contribution is -0.188. The molecule has 0 N–H and O–H groups in total. The summed E-state index contributed by atoms with van der Waals surface area (Å²) >= 11 is 0.